The number of amides is 1. The standard InChI is InChI=1S/C25H26N2O6/c1-3-32-24(29)14-11-21-10-13-23(28)27(21)22-12-9-19(25(30)31-2)15-20(22)16-26-33-17-18-7-5-4-6-8-18/h4-9,11-12,14-16,21H,3,10,13,17H2,1-2H3/b14-11+,26-16-/t21-/m0/s1. The topological polar surface area (TPSA) is 94.5 Å². The fraction of sp³-hybridized carbons (Fsp3) is 0.280. The van der Waals surface area contributed by atoms with Crippen LogP contribution < -0.4 is 4.90 Å². The minimum atomic E-state index is -0.507. The quantitative estimate of drug-likeness (QED) is 0.251. The first-order chi connectivity index (χ1) is 16.0. The van der Waals surface area contributed by atoms with Crippen LogP contribution >= 0.6 is 0 Å². The Morgan fingerprint density at radius 3 is 2.70 bits per heavy atom. The highest BCUT2D eigenvalue weighted by Gasteiger charge is 2.32. The van der Waals surface area contributed by atoms with Crippen LogP contribution in [0.5, 0.6) is 0 Å². The van der Waals surface area contributed by atoms with Gasteiger partial charge in [-0.1, -0.05) is 41.6 Å². The molecule has 0 unspecified atom stereocenters. The smallest absolute Gasteiger partial charge is 0.337 e. The Balaban J connectivity index is 1.87. The molecule has 0 N–H and O–H groups in total. The summed E-state index contributed by atoms with van der Waals surface area (Å²) in [5.41, 5.74) is 2.33. The van der Waals surface area contributed by atoms with Crippen molar-refractivity contribution in [3.05, 3.63) is 77.4 Å². The second-order valence-electron chi connectivity index (χ2n) is 7.24. The van der Waals surface area contributed by atoms with Gasteiger partial charge in [-0.3, -0.25) is 4.79 Å². The summed E-state index contributed by atoms with van der Waals surface area (Å²) < 4.78 is 9.74. The molecular formula is C25H26N2O6. The highest BCUT2D eigenvalue weighted by molar-refractivity contribution is 6.03. The van der Waals surface area contributed by atoms with Crippen molar-refractivity contribution in [2.75, 3.05) is 18.6 Å². The molecule has 33 heavy (non-hydrogen) atoms. The van der Waals surface area contributed by atoms with Crippen molar-refractivity contribution in [2.45, 2.75) is 32.4 Å². The number of nitrogens with zero attached hydrogens (tertiary/aromatic N) is 2. The molecule has 8 nitrogen and oxygen atoms in total. The second kappa shape index (κ2) is 11.6. The van der Waals surface area contributed by atoms with E-state index in [9.17, 15) is 14.4 Å². The molecule has 2 aromatic rings. The Kier molecular flexibility index (Phi) is 8.35. The van der Waals surface area contributed by atoms with Crippen molar-refractivity contribution in [1.29, 1.82) is 0 Å². The molecule has 1 aliphatic heterocycles. The lowest BCUT2D eigenvalue weighted by Gasteiger charge is -2.24. The molecule has 1 amide bonds. The first-order valence-corrected chi connectivity index (χ1v) is 10.6. The second-order valence-corrected chi connectivity index (χ2v) is 7.24. The zero-order valence-corrected chi connectivity index (χ0v) is 18.6. The molecule has 3 rings (SSSR count). The Morgan fingerprint density at radius 1 is 1.18 bits per heavy atom. The van der Waals surface area contributed by atoms with E-state index in [4.69, 9.17) is 14.3 Å². The van der Waals surface area contributed by atoms with Gasteiger partial charge < -0.3 is 19.2 Å². The lowest BCUT2D eigenvalue weighted by molar-refractivity contribution is -0.137. The summed E-state index contributed by atoms with van der Waals surface area (Å²) in [6, 6.07) is 14.1. The molecule has 1 fully saturated rings. The van der Waals surface area contributed by atoms with E-state index >= 15 is 0 Å². The maximum atomic E-state index is 12.7. The number of carbonyl (C=O) groups excluding carboxylic acids is 3. The van der Waals surface area contributed by atoms with Crippen LogP contribution in [0.2, 0.25) is 0 Å². The van der Waals surface area contributed by atoms with Crippen LogP contribution in [-0.2, 0) is 30.5 Å². The Labute approximate surface area is 192 Å². The lowest BCUT2D eigenvalue weighted by atomic mass is 10.1. The molecule has 2 aromatic carbocycles. The first kappa shape index (κ1) is 23.7. The van der Waals surface area contributed by atoms with Crippen LogP contribution in [0.15, 0.2) is 65.8 Å². The number of anilines is 1. The molecule has 1 heterocycles. The molecule has 0 aromatic heterocycles. The largest absolute Gasteiger partial charge is 0.465 e. The van der Waals surface area contributed by atoms with Crippen molar-refractivity contribution < 1.29 is 28.7 Å². The third-order valence-electron chi connectivity index (χ3n) is 5.04. The van der Waals surface area contributed by atoms with Crippen LogP contribution in [-0.4, -0.2) is 43.8 Å². The van der Waals surface area contributed by atoms with Crippen LogP contribution in [0.25, 0.3) is 0 Å². The predicted octanol–water partition coefficient (Wildman–Crippen LogP) is 3.64. The van der Waals surface area contributed by atoms with E-state index in [1.165, 1.54) is 19.4 Å². The Morgan fingerprint density at radius 2 is 1.97 bits per heavy atom. The van der Waals surface area contributed by atoms with E-state index < -0.39 is 11.9 Å². The average Bonchev–Trinajstić information content (AvgIpc) is 3.20. The SMILES string of the molecule is CCOC(=O)/C=C/[C@@H]1CCC(=O)N1c1ccc(C(=O)OC)cc1/C=N\OCc1ccccc1. The molecule has 0 saturated carbocycles. The van der Waals surface area contributed by atoms with Gasteiger partial charge in [-0.05, 0) is 37.1 Å². The number of carbonyl (C=O) groups is 3. The van der Waals surface area contributed by atoms with Gasteiger partial charge in [-0.2, -0.15) is 0 Å². The fourth-order valence-electron chi connectivity index (χ4n) is 3.48. The van der Waals surface area contributed by atoms with Gasteiger partial charge in [0.25, 0.3) is 0 Å². The first-order valence-electron chi connectivity index (χ1n) is 10.6. The van der Waals surface area contributed by atoms with Gasteiger partial charge in [0, 0.05) is 18.1 Å². The number of esters is 2. The number of ether oxygens (including phenoxy) is 2. The summed E-state index contributed by atoms with van der Waals surface area (Å²) in [4.78, 5) is 43.5. The molecule has 0 aliphatic carbocycles. The number of hydrogen-bond acceptors (Lipinski definition) is 7. The number of rotatable bonds is 9. The molecule has 1 saturated heterocycles. The van der Waals surface area contributed by atoms with Crippen LogP contribution in [0, 0.1) is 0 Å². The van der Waals surface area contributed by atoms with Gasteiger partial charge in [0.1, 0.15) is 6.61 Å². The number of benzene rings is 2. The van der Waals surface area contributed by atoms with E-state index in [2.05, 4.69) is 5.16 Å². The molecule has 0 radical (unpaired) electrons. The Hall–Kier alpha value is -3.94. The summed E-state index contributed by atoms with van der Waals surface area (Å²) in [6.45, 7) is 2.28. The van der Waals surface area contributed by atoms with Gasteiger partial charge in [-0.15, -0.1) is 0 Å². The van der Waals surface area contributed by atoms with E-state index in [1.54, 1.807) is 36.1 Å². The zero-order chi connectivity index (χ0) is 23.6. The Bertz CT molecular complexity index is 1050. The minimum Gasteiger partial charge on any atom is -0.465 e. The summed E-state index contributed by atoms with van der Waals surface area (Å²) in [5.74, 6) is -1.07. The molecule has 0 bridgehead atoms. The van der Waals surface area contributed by atoms with Crippen LogP contribution in [0.4, 0.5) is 5.69 Å². The number of methoxy groups -OCH3 is 1. The average molecular weight is 450 g/mol. The minimum absolute atomic E-state index is 0.0980. The van der Waals surface area contributed by atoms with Crippen molar-refractivity contribution >= 4 is 29.7 Å². The summed E-state index contributed by atoms with van der Waals surface area (Å²) in [7, 11) is 1.30. The molecular weight excluding hydrogens is 424 g/mol. The molecule has 8 heteroatoms. The summed E-state index contributed by atoms with van der Waals surface area (Å²) in [5, 5.41) is 4.04. The summed E-state index contributed by atoms with van der Waals surface area (Å²) in [6.07, 6.45) is 5.33. The highest BCUT2D eigenvalue weighted by atomic mass is 16.6. The van der Waals surface area contributed by atoms with E-state index in [0.717, 1.165) is 5.56 Å². The van der Waals surface area contributed by atoms with Gasteiger partial charge in [0.05, 0.1) is 37.2 Å². The van der Waals surface area contributed by atoms with Crippen LogP contribution in [0.3, 0.4) is 0 Å². The van der Waals surface area contributed by atoms with E-state index in [-0.39, 0.29) is 25.2 Å². The third-order valence-corrected chi connectivity index (χ3v) is 5.04. The van der Waals surface area contributed by atoms with E-state index in [0.29, 0.717) is 29.7 Å². The molecule has 1 atom stereocenters. The zero-order valence-electron chi connectivity index (χ0n) is 18.6. The fourth-order valence-corrected chi connectivity index (χ4v) is 3.48. The van der Waals surface area contributed by atoms with Gasteiger partial charge in [-0.25, -0.2) is 9.59 Å². The normalized spacial score (nSPS) is 15.9. The number of hydrogen-bond donors (Lipinski definition) is 0. The van der Waals surface area contributed by atoms with E-state index in [1.807, 2.05) is 30.3 Å². The maximum Gasteiger partial charge on any atom is 0.337 e. The lowest BCUT2D eigenvalue weighted by Crippen LogP contribution is -2.32. The van der Waals surface area contributed by atoms with Gasteiger partial charge in [0.15, 0.2) is 0 Å². The van der Waals surface area contributed by atoms with Gasteiger partial charge in [0.2, 0.25) is 5.91 Å². The predicted molar refractivity (Wildman–Crippen MR) is 123 cm³/mol. The van der Waals surface area contributed by atoms with Crippen molar-refractivity contribution in [3.8, 4) is 0 Å². The van der Waals surface area contributed by atoms with Crippen LogP contribution in [0.1, 0.15) is 41.3 Å². The van der Waals surface area contributed by atoms with Crippen molar-refractivity contribution in [3.63, 3.8) is 0 Å². The van der Waals surface area contributed by atoms with Crippen molar-refractivity contribution in [2.24, 2.45) is 5.16 Å². The van der Waals surface area contributed by atoms with Crippen molar-refractivity contribution in [1.82, 2.24) is 0 Å². The molecule has 172 valence electrons. The molecule has 0 spiro atoms. The third kappa shape index (κ3) is 6.29. The number of oxime groups is 1. The van der Waals surface area contributed by atoms with Gasteiger partial charge >= 0.3 is 11.9 Å². The monoisotopic (exact) mass is 450 g/mol. The molecule has 1 aliphatic rings. The highest BCUT2D eigenvalue weighted by Crippen LogP contribution is 2.30. The summed E-state index contributed by atoms with van der Waals surface area (Å²) >= 11 is 0. The maximum absolute atomic E-state index is 12.7.